The fraction of sp³-hybridized carbons (Fsp3) is 0. The standard InChI is InChI=1S/C17H10Cl3N3OS2/c18-10-3-1-9(2-4-10)15(24)22-16(25)23-17-21-14(8-26-17)12-6-5-11(19)7-13(12)20/h1-8H,(H2,21,22,23,24,25). The third-order valence-corrected chi connectivity index (χ3v) is 5.03. The molecule has 0 saturated carbocycles. The minimum Gasteiger partial charge on any atom is -0.308 e. The van der Waals surface area contributed by atoms with Crippen LogP contribution >= 0.6 is 58.4 Å². The van der Waals surface area contributed by atoms with Gasteiger partial charge in [-0.15, -0.1) is 11.3 Å². The number of nitrogens with zero attached hydrogens (tertiary/aromatic N) is 1. The molecule has 1 heterocycles. The molecule has 26 heavy (non-hydrogen) atoms. The lowest BCUT2D eigenvalue weighted by atomic mass is 10.2. The lowest BCUT2D eigenvalue weighted by Gasteiger charge is -2.07. The first-order valence-electron chi connectivity index (χ1n) is 7.21. The number of carbonyl (C=O) groups is 1. The number of halogens is 3. The highest BCUT2D eigenvalue weighted by molar-refractivity contribution is 7.80. The first-order valence-corrected chi connectivity index (χ1v) is 9.63. The Balaban J connectivity index is 1.66. The average Bonchev–Trinajstić information content (AvgIpc) is 3.03. The van der Waals surface area contributed by atoms with E-state index in [4.69, 9.17) is 47.0 Å². The molecule has 0 saturated heterocycles. The summed E-state index contributed by atoms with van der Waals surface area (Å²) in [5, 5.41) is 9.61. The molecule has 2 aromatic carbocycles. The van der Waals surface area contributed by atoms with E-state index in [0.717, 1.165) is 5.56 Å². The second-order valence-electron chi connectivity index (χ2n) is 5.08. The number of rotatable bonds is 3. The summed E-state index contributed by atoms with van der Waals surface area (Å²) in [4.78, 5) is 16.6. The number of anilines is 1. The predicted octanol–water partition coefficient (Wildman–Crippen LogP) is 5.90. The van der Waals surface area contributed by atoms with Gasteiger partial charge in [0.25, 0.3) is 5.91 Å². The number of thiazole rings is 1. The molecule has 0 fully saturated rings. The van der Waals surface area contributed by atoms with Crippen molar-refractivity contribution >= 4 is 74.5 Å². The van der Waals surface area contributed by atoms with Gasteiger partial charge in [-0.2, -0.15) is 0 Å². The van der Waals surface area contributed by atoms with Crippen molar-refractivity contribution in [2.75, 3.05) is 5.32 Å². The fourth-order valence-electron chi connectivity index (χ4n) is 2.06. The van der Waals surface area contributed by atoms with Crippen molar-refractivity contribution in [2.45, 2.75) is 0 Å². The zero-order valence-corrected chi connectivity index (χ0v) is 16.8. The lowest BCUT2D eigenvalue weighted by Crippen LogP contribution is -2.34. The van der Waals surface area contributed by atoms with Crippen molar-refractivity contribution in [3.05, 3.63) is 68.5 Å². The average molecular weight is 443 g/mol. The Hall–Kier alpha value is -1.70. The van der Waals surface area contributed by atoms with E-state index in [9.17, 15) is 4.79 Å². The molecular weight excluding hydrogens is 433 g/mol. The predicted molar refractivity (Wildman–Crippen MR) is 113 cm³/mol. The first kappa shape index (κ1) is 19.1. The van der Waals surface area contributed by atoms with Crippen molar-refractivity contribution < 1.29 is 4.79 Å². The second-order valence-corrected chi connectivity index (χ2v) is 7.62. The maximum atomic E-state index is 12.1. The maximum Gasteiger partial charge on any atom is 0.257 e. The van der Waals surface area contributed by atoms with Gasteiger partial charge in [-0.05, 0) is 54.7 Å². The summed E-state index contributed by atoms with van der Waals surface area (Å²) in [6, 6.07) is 11.7. The molecule has 2 N–H and O–H groups in total. The molecule has 0 spiro atoms. The molecule has 0 bridgehead atoms. The molecule has 9 heteroatoms. The Morgan fingerprint density at radius 2 is 1.73 bits per heavy atom. The molecule has 0 aliphatic carbocycles. The summed E-state index contributed by atoms with van der Waals surface area (Å²) in [5.41, 5.74) is 1.90. The Bertz CT molecular complexity index is 974. The van der Waals surface area contributed by atoms with Crippen LogP contribution in [0.4, 0.5) is 5.13 Å². The summed E-state index contributed by atoms with van der Waals surface area (Å²) < 4.78 is 0. The van der Waals surface area contributed by atoms with Gasteiger partial charge < -0.3 is 5.32 Å². The molecule has 4 nitrogen and oxygen atoms in total. The van der Waals surface area contributed by atoms with Crippen molar-refractivity contribution in [3.63, 3.8) is 0 Å². The van der Waals surface area contributed by atoms with Crippen LogP contribution in [0.25, 0.3) is 11.3 Å². The summed E-state index contributed by atoms with van der Waals surface area (Å²) in [7, 11) is 0. The number of aromatic nitrogens is 1. The summed E-state index contributed by atoms with van der Waals surface area (Å²) >= 11 is 24.4. The summed E-state index contributed by atoms with van der Waals surface area (Å²) in [6.07, 6.45) is 0. The third-order valence-electron chi connectivity index (χ3n) is 3.27. The van der Waals surface area contributed by atoms with E-state index >= 15 is 0 Å². The highest BCUT2D eigenvalue weighted by atomic mass is 35.5. The molecular formula is C17H10Cl3N3OS2. The fourth-order valence-corrected chi connectivity index (χ4v) is 3.66. The molecule has 0 aliphatic rings. The molecule has 0 atom stereocenters. The van der Waals surface area contributed by atoms with Gasteiger partial charge >= 0.3 is 0 Å². The van der Waals surface area contributed by atoms with E-state index in [1.54, 1.807) is 42.5 Å². The van der Waals surface area contributed by atoms with E-state index in [-0.39, 0.29) is 11.0 Å². The summed E-state index contributed by atoms with van der Waals surface area (Å²) in [6.45, 7) is 0. The highest BCUT2D eigenvalue weighted by Crippen LogP contribution is 2.32. The highest BCUT2D eigenvalue weighted by Gasteiger charge is 2.12. The number of carbonyl (C=O) groups excluding carboxylic acids is 1. The van der Waals surface area contributed by atoms with Gasteiger partial charge in [-0.3, -0.25) is 10.1 Å². The van der Waals surface area contributed by atoms with Crippen LogP contribution in [0.3, 0.4) is 0 Å². The molecule has 132 valence electrons. The quantitative estimate of drug-likeness (QED) is 0.496. The molecule has 0 unspecified atom stereocenters. The zero-order chi connectivity index (χ0) is 18.7. The van der Waals surface area contributed by atoms with E-state index in [2.05, 4.69) is 15.6 Å². The van der Waals surface area contributed by atoms with Gasteiger partial charge in [0.05, 0.1) is 10.7 Å². The first-order chi connectivity index (χ1) is 12.4. The van der Waals surface area contributed by atoms with E-state index in [0.29, 0.717) is 31.5 Å². The van der Waals surface area contributed by atoms with Gasteiger partial charge in [0, 0.05) is 26.6 Å². The Kier molecular flexibility index (Phi) is 6.11. The van der Waals surface area contributed by atoms with Crippen LogP contribution < -0.4 is 10.6 Å². The lowest BCUT2D eigenvalue weighted by molar-refractivity contribution is 0.0978. The van der Waals surface area contributed by atoms with Gasteiger partial charge in [0.15, 0.2) is 10.2 Å². The van der Waals surface area contributed by atoms with Crippen LogP contribution in [0, 0.1) is 0 Å². The topological polar surface area (TPSA) is 54.0 Å². The zero-order valence-electron chi connectivity index (χ0n) is 12.9. The minimum atomic E-state index is -0.336. The van der Waals surface area contributed by atoms with Crippen molar-refractivity contribution in [1.82, 2.24) is 10.3 Å². The largest absolute Gasteiger partial charge is 0.308 e. The van der Waals surface area contributed by atoms with Gasteiger partial charge in [-0.1, -0.05) is 34.8 Å². The van der Waals surface area contributed by atoms with Crippen LogP contribution in [0.15, 0.2) is 47.8 Å². The molecule has 0 aliphatic heterocycles. The SMILES string of the molecule is O=C(NC(=S)Nc1nc(-c2ccc(Cl)cc2Cl)cs1)c1ccc(Cl)cc1. The monoisotopic (exact) mass is 441 g/mol. The molecule has 1 amide bonds. The van der Waals surface area contributed by atoms with Crippen molar-refractivity contribution in [1.29, 1.82) is 0 Å². The van der Waals surface area contributed by atoms with E-state index in [1.807, 2.05) is 5.38 Å². The minimum absolute atomic E-state index is 0.146. The van der Waals surface area contributed by atoms with E-state index < -0.39 is 0 Å². The van der Waals surface area contributed by atoms with Crippen LogP contribution in [0.2, 0.25) is 15.1 Å². The Morgan fingerprint density at radius 3 is 2.42 bits per heavy atom. The van der Waals surface area contributed by atoms with Gasteiger partial charge in [0.2, 0.25) is 0 Å². The maximum absolute atomic E-state index is 12.1. The molecule has 3 rings (SSSR count). The Labute approximate surface area is 174 Å². The number of hydrogen-bond donors (Lipinski definition) is 2. The van der Waals surface area contributed by atoms with Crippen LogP contribution in [-0.2, 0) is 0 Å². The Morgan fingerprint density at radius 1 is 1.04 bits per heavy atom. The number of nitrogens with one attached hydrogen (secondary N) is 2. The van der Waals surface area contributed by atoms with Crippen LogP contribution in [0.1, 0.15) is 10.4 Å². The molecule has 3 aromatic rings. The smallest absolute Gasteiger partial charge is 0.257 e. The van der Waals surface area contributed by atoms with Gasteiger partial charge in [-0.25, -0.2) is 4.98 Å². The molecule has 1 aromatic heterocycles. The van der Waals surface area contributed by atoms with E-state index in [1.165, 1.54) is 11.3 Å². The van der Waals surface area contributed by atoms with Crippen LogP contribution in [0.5, 0.6) is 0 Å². The number of benzene rings is 2. The second kappa shape index (κ2) is 8.33. The number of hydrogen-bond acceptors (Lipinski definition) is 4. The normalized spacial score (nSPS) is 10.4. The number of amides is 1. The van der Waals surface area contributed by atoms with Gasteiger partial charge in [0.1, 0.15) is 0 Å². The number of thiocarbonyl (C=S) groups is 1. The van der Waals surface area contributed by atoms with Crippen LogP contribution in [-0.4, -0.2) is 16.0 Å². The third kappa shape index (κ3) is 4.72. The molecule has 0 radical (unpaired) electrons. The van der Waals surface area contributed by atoms with Crippen molar-refractivity contribution in [3.8, 4) is 11.3 Å². The summed E-state index contributed by atoms with van der Waals surface area (Å²) in [5.74, 6) is -0.336. The van der Waals surface area contributed by atoms with Crippen molar-refractivity contribution in [2.24, 2.45) is 0 Å².